The maximum atomic E-state index is 10.2. The Labute approximate surface area is 142 Å². The van der Waals surface area contributed by atoms with Gasteiger partial charge in [0.2, 0.25) is 0 Å². The lowest BCUT2D eigenvalue weighted by molar-refractivity contribution is -0.251. The number of nitrogen functional groups attached to an aromatic ring is 1. The average molecular weight is 352 g/mol. The monoisotopic (exact) mass is 352 g/mol. The number of nitrogens with zero attached hydrogens (tertiary/aromatic N) is 3. The molecule has 5 atom stereocenters. The van der Waals surface area contributed by atoms with Crippen molar-refractivity contribution in [3.05, 3.63) is 21.3 Å². The minimum atomic E-state index is -1.64. The van der Waals surface area contributed by atoms with E-state index in [1.54, 1.807) is 0 Å². The molecule has 128 valence electrons. The van der Waals surface area contributed by atoms with Crippen molar-refractivity contribution in [2.75, 3.05) is 12.3 Å². The molecule has 2 heterocycles. The normalized spacial score (nSPS) is 29.7. The molecule has 0 bridgehead atoms. The van der Waals surface area contributed by atoms with Crippen LogP contribution in [0.1, 0.15) is 22.9 Å². The van der Waals surface area contributed by atoms with E-state index in [1.807, 2.05) is 12.1 Å². The number of nitriles is 2. The highest BCUT2D eigenvalue weighted by molar-refractivity contribution is 7.71. The molecule has 1 aromatic heterocycles. The first-order valence-corrected chi connectivity index (χ1v) is 7.36. The summed E-state index contributed by atoms with van der Waals surface area (Å²) in [7, 11) is 0. The zero-order valence-corrected chi connectivity index (χ0v) is 13.4. The van der Waals surface area contributed by atoms with Crippen LogP contribution in [-0.2, 0) is 4.74 Å². The number of aliphatic hydroxyl groups excluding tert-OH is 4. The molecule has 1 aromatic rings. The molecule has 0 spiro atoms. The van der Waals surface area contributed by atoms with Gasteiger partial charge in [-0.15, -0.1) is 0 Å². The summed E-state index contributed by atoms with van der Waals surface area (Å²) < 4.78 is 6.36. The van der Waals surface area contributed by atoms with Crippen LogP contribution in [0.5, 0.6) is 0 Å². The van der Waals surface area contributed by atoms with Crippen molar-refractivity contribution < 1.29 is 25.2 Å². The molecule has 0 aliphatic carbocycles. The zero-order chi connectivity index (χ0) is 18.2. The molecule has 0 amide bonds. The third-order valence-electron chi connectivity index (χ3n) is 4.04. The third kappa shape index (κ3) is 2.65. The number of anilines is 1. The van der Waals surface area contributed by atoms with E-state index in [-0.39, 0.29) is 21.6 Å². The van der Waals surface area contributed by atoms with Crippen LogP contribution in [0.3, 0.4) is 0 Å². The van der Waals surface area contributed by atoms with E-state index in [2.05, 4.69) is 0 Å². The van der Waals surface area contributed by atoms with Gasteiger partial charge in [0.05, 0.1) is 17.7 Å². The molecule has 24 heavy (non-hydrogen) atoms. The summed E-state index contributed by atoms with van der Waals surface area (Å²) in [6.07, 6.45) is -7.38. The van der Waals surface area contributed by atoms with Crippen molar-refractivity contribution in [3.8, 4) is 12.1 Å². The fraction of sp³-hybridized carbons (Fsp3) is 0.500. The zero-order valence-electron chi connectivity index (χ0n) is 12.6. The molecule has 10 heteroatoms. The summed E-state index contributed by atoms with van der Waals surface area (Å²) in [5.41, 5.74) is 6.23. The molecule has 6 N–H and O–H groups in total. The first-order valence-electron chi connectivity index (χ1n) is 6.95. The van der Waals surface area contributed by atoms with E-state index >= 15 is 0 Å². The van der Waals surface area contributed by atoms with Crippen molar-refractivity contribution in [1.82, 2.24) is 4.57 Å². The van der Waals surface area contributed by atoms with E-state index in [0.29, 0.717) is 5.56 Å². The lowest BCUT2D eigenvalue weighted by Crippen LogP contribution is -2.56. The lowest BCUT2D eigenvalue weighted by atomic mass is 9.97. The van der Waals surface area contributed by atoms with Crippen LogP contribution in [0.15, 0.2) is 0 Å². The molecular formula is C14H16N4O5S. The maximum absolute atomic E-state index is 10.2. The van der Waals surface area contributed by atoms with Crippen molar-refractivity contribution in [1.29, 1.82) is 10.5 Å². The second-order valence-corrected chi connectivity index (χ2v) is 5.77. The van der Waals surface area contributed by atoms with Crippen LogP contribution in [0.4, 0.5) is 5.82 Å². The van der Waals surface area contributed by atoms with Crippen molar-refractivity contribution >= 4 is 18.0 Å². The topological polar surface area (TPSA) is 169 Å². The molecule has 0 saturated carbocycles. The van der Waals surface area contributed by atoms with Gasteiger partial charge in [-0.1, -0.05) is 12.2 Å². The van der Waals surface area contributed by atoms with Crippen LogP contribution in [0, 0.1) is 34.2 Å². The van der Waals surface area contributed by atoms with Crippen molar-refractivity contribution in [2.24, 2.45) is 0 Å². The van der Waals surface area contributed by atoms with Crippen molar-refractivity contribution in [3.63, 3.8) is 0 Å². The molecule has 1 aliphatic heterocycles. The molecule has 0 radical (unpaired) electrons. The van der Waals surface area contributed by atoms with Gasteiger partial charge in [-0.25, -0.2) is 0 Å². The smallest absolute Gasteiger partial charge is 0.165 e. The summed E-state index contributed by atoms with van der Waals surface area (Å²) in [6.45, 7) is 0.887. The highest BCUT2D eigenvalue weighted by Crippen LogP contribution is 2.33. The Morgan fingerprint density at radius 3 is 2.25 bits per heavy atom. The van der Waals surface area contributed by atoms with Crippen LogP contribution < -0.4 is 5.73 Å². The second-order valence-electron chi connectivity index (χ2n) is 5.38. The first-order chi connectivity index (χ1) is 11.3. The Hall–Kier alpha value is -2.05. The minimum absolute atomic E-state index is 0.00714. The number of ether oxygens (including phenoxy) is 1. The van der Waals surface area contributed by atoms with Gasteiger partial charge in [0.15, 0.2) is 6.23 Å². The highest BCUT2D eigenvalue weighted by Gasteiger charge is 2.45. The lowest BCUT2D eigenvalue weighted by Gasteiger charge is -2.41. The Balaban J connectivity index is 2.71. The summed E-state index contributed by atoms with van der Waals surface area (Å²) in [5, 5.41) is 57.8. The SMILES string of the molecule is Cc1c(C#N)c(N)n([C@@H]2O[C@@H](CO)[C@@H](O)[C@@H](O)[C@H]2O)c(=S)c1C#N. The minimum Gasteiger partial charge on any atom is -0.394 e. The molecule has 9 nitrogen and oxygen atoms in total. The fourth-order valence-electron chi connectivity index (χ4n) is 2.65. The fourth-order valence-corrected chi connectivity index (χ4v) is 3.05. The quantitative estimate of drug-likeness (QED) is 0.411. The molecule has 2 rings (SSSR count). The van der Waals surface area contributed by atoms with Gasteiger partial charge in [0.25, 0.3) is 0 Å². The Kier molecular flexibility index (Phi) is 5.20. The molecule has 0 unspecified atom stereocenters. The van der Waals surface area contributed by atoms with Gasteiger partial charge in [-0.2, -0.15) is 10.5 Å². The van der Waals surface area contributed by atoms with Crippen molar-refractivity contribution in [2.45, 2.75) is 37.6 Å². The highest BCUT2D eigenvalue weighted by atomic mass is 32.1. The molecule has 0 aromatic carbocycles. The van der Waals surface area contributed by atoms with Crippen LogP contribution in [0.2, 0.25) is 0 Å². The average Bonchev–Trinajstić information content (AvgIpc) is 2.55. The van der Waals surface area contributed by atoms with Gasteiger partial charge in [-0.3, -0.25) is 4.57 Å². The van der Waals surface area contributed by atoms with E-state index in [0.717, 1.165) is 4.57 Å². The van der Waals surface area contributed by atoms with E-state index in [4.69, 9.17) is 22.7 Å². The molecule has 1 fully saturated rings. The molecule has 1 saturated heterocycles. The summed E-state index contributed by atoms with van der Waals surface area (Å²) in [4.78, 5) is 0. The van der Waals surface area contributed by atoms with E-state index in [9.17, 15) is 30.9 Å². The van der Waals surface area contributed by atoms with Gasteiger partial charge in [0, 0.05) is 0 Å². The first kappa shape index (κ1) is 18.3. The number of aliphatic hydroxyl groups is 4. The van der Waals surface area contributed by atoms with E-state index in [1.165, 1.54) is 6.92 Å². The summed E-state index contributed by atoms with van der Waals surface area (Å²) in [5.74, 6) is -0.150. The second kappa shape index (κ2) is 6.83. The molecule has 1 aliphatic rings. The number of pyridine rings is 1. The summed E-state index contributed by atoms with van der Waals surface area (Å²) in [6, 6.07) is 3.74. The summed E-state index contributed by atoms with van der Waals surface area (Å²) >= 11 is 5.20. The number of nitrogens with two attached hydrogens (primary N) is 1. The standard InChI is InChI=1S/C14H16N4O5S/c1-5-6(2-15)12(17)18(14(24)7(5)3-16)13-11(22)10(21)9(20)8(4-19)23-13/h8-11,13,19-22H,4,17H2,1H3/t8-,9+,10+,11+,13+/m0/s1. The number of rotatable bonds is 2. The van der Waals surface area contributed by atoms with Gasteiger partial charge in [0.1, 0.15) is 47.0 Å². The predicted molar refractivity (Wildman–Crippen MR) is 82.9 cm³/mol. The number of hydrogen-bond donors (Lipinski definition) is 5. The maximum Gasteiger partial charge on any atom is 0.165 e. The number of hydrogen-bond acceptors (Lipinski definition) is 9. The Bertz CT molecular complexity index is 794. The largest absolute Gasteiger partial charge is 0.394 e. The van der Waals surface area contributed by atoms with Crippen LogP contribution in [0.25, 0.3) is 0 Å². The molecular weight excluding hydrogens is 336 g/mol. The third-order valence-corrected chi connectivity index (χ3v) is 4.44. The van der Waals surface area contributed by atoms with Gasteiger partial charge < -0.3 is 30.9 Å². The predicted octanol–water partition coefficient (Wildman–Crippen LogP) is -1.18. The Morgan fingerprint density at radius 2 is 1.75 bits per heavy atom. The van der Waals surface area contributed by atoms with E-state index < -0.39 is 37.3 Å². The van der Waals surface area contributed by atoms with Crippen LogP contribution in [-0.4, -0.2) is 56.0 Å². The van der Waals surface area contributed by atoms with Gasteiger partial charge in [-0.05, 0) is 12.5 Å². The van der Waals surface area contributed by atoms with Crippen LogP contribution >= 0.6 is 12.2 Å². The Morgan fingerprint density at radius 1 is 1.17 bits per heavy atom. The van der Waals surface area contributed by atoms with Gasteiger partial charge >= 0.3 is 0 Å². The number of aromatic nitrogens is 1.